The summed E-state index contributed by atoms with van der Waals surface area (Å²) in [6.07, 6.45) is 1.65. The van der Waals surface area contributed by atoms with E-state index in [1.807, 2.05) is 6.07 Å². The van der Waals surface area contributed by atoms with Gasteiger partial charge < -0.3 is 0 Å². The number of nitrogens with two attached hydrogens (primary N) is 1. The van der Waals surface area contributed by atoms with Crippen LogP contribution in [0.1, 0.15) is 22.9 Å². The average Bonchev–Trinajstić information content (AvgIpc) is 2.97. The van der Waals surface area contributed by atoms with Gasteiger partial charge in [0.25, 0.3) is 5.69 Å². The van der Waals surface area contributed by atoms with Crippen molar-refractivity contribution in [2.24, 2.45) is 10.9 Å². The van der Waals surface area contributed by atoms with Gasteiger partial charge in [0.2, 0.25) is 0 Å². The fraction of sp³-hybridized carbons (Fsp3) is 0.125. The fourth-order valence-corrected chi connectivity index (χ4v) is 2.88. The molecule has 0 aliphatic carbocycles. The van der Waals surface area contributed by atoms with E-state index in [9.17, 15) is 10.1 Å². The molecule has 1 aliphatic heterocycles. The van der Waals surface area contributed by atoms with Crippen molar-refractivity contribution in [1.82, 2.24) is 19.7 Å². The lowest BCUT2D eigenvalue weighted by Crippen LogP contribution is -2.12. The van der Waals surface area contributed by atoms with Crippen LogP contribution in [0.15, 0.2) is 47.6 Å². The van der Waals surface area contributed by atoms with Crippen LogP contribution in [0.2, 0.25) is 0 Å². The third-order valence-corrected chi connectivity index (χ3v) is 3.98. The number of pyridine rings is 1. The molecule has 0 amide bonds. The van der Waals surface area contributed by atoms with Crippen molar-refractivity contribution < 1.29 is 9.76 Å². The van der Waals surface area contributed by atoms with Crippen LogP contribution in [0.25, 0.3) is 5.69 Å². The van der Waals surface area contributed by atoms with Gasteiger partial charge >= 0.3 is 0 Å². The van der Waals surface area contributed by atoms with Crippen molar-refractivity contribution in [3.05, 3.63) is 75.6 Å². The van der Waals surface area contributed by atoms with Gasteiger partial charge in [-0.05, 0) is 18.2 Å². The molecule has 1 aromatic carbocycles. The number of hydrogen-bond donors (Lipinski definition) is 1. The molecule has 3 aromatic rings. The van der Waals surface area contributed by atoms with Gasteiger partial charge in [-0.2, -0.15) is 0 Å². The Morgan fingerprint density at radius 1 is 1.27 bits per heavy atom. The Kier molecular flexibility index (Phi) is 3.95. The minimum Gasteiger partial charge on any atom is -0.296 e. The fourth-order valence-electron chi connectivity index (χ4n) is 2.88. The van der Waals surface area contributed by atoms with Crippen LogP contribution >= 0.6 is 0 Å². The molecule has 2 N–H and O–H groups in total. The number of fused-ring (bicyclic) bond motifs is 3. The van der Waals surface area contributed by atoms with E-state index < -0.39 is 4.92 Å². The van der Waals surface area contributed by atoms with E-state index in [0.29, 0.717) is 34.3 Å². The molecule has 0 radical (unpaired) electrons. The highest BCUT2D eigenvalue weighted by Gasteiger charge is 2.25. The zero-order valence-corrected chi connectivity index (χ0v) is 13.4. The van der Waals surface area contributed by atoms with Gasteiger partial charge in [0.05, 0.1) is 22.0 Å². The topological polar surface area (TPSA) is 134 Å². The highest BCUT2D eigenvalue weighted by molar-refractivity contribution is 6.14. The Balaban J connectivity index is 1.98. The van der Waals surface area contributed by atoms with Gasteiger partial charge in [0, 0.05) is 23.9 Å². The number of hydrogen-bond acceptors (Lipinski definition) is 8. The molecule has 0 spiro atoms. The molecule has 0 bridgehead atoms. The zero-order valence-electron chi connectivity index (χ0n) is 13.4. The minimum absolute atomic E-state index is 0.0412. The highest BCUT2D eigenvalue weighted by Crippen LogP contribution is 2.28. The Morgan fingerprint density at radius 3 is 2.88 bits per heavy atom. The van der Waals surface area contributed by atoms with Crippen molar-refractivity contribution in [2.75, 3.05) is 0 Å². The maximum absolute atomic E-state index is 11.3. The van der Waals surface area contributed by atoms with Gasteiger partial charge in [-0.15, -0.1) is 10.2 Å². The largest absolute Gasteiger partial charge is 0.296 e. The lowest BCUT2D eigenvalue weighted by atomic mass is 10.0. The highest BCUT2D eigenvalue weighted by atomic mass is 16.6. The molecule has 0 saturated carbocycles. The van der Waals surface area contributed by atoms with Crippen LogP contribution in [-0.4, -0.2) is 30.4 Å². The first-order valence-electron chi connectivity index (χ1n) is 7.69. The Morgan fingerprint density at radius 2 is 2.15 bits per heavy atom. The Hall–Kier alpha value is -3.50. The number of benzene rings is 1. The lowest BCUT2D eigenvalue weighted by Gasteiger charge is -2.12. The van der Waals surface area contributed by atoms with E-state index in [1.165, 1.54) is 12.1 Å². The Labute approximate surface area is 147 Å². The van der Waals surface area contributed by atoms with Gasteiger partial charge in [-0.1, -0.05) is 6.07 Å². The van der Waals surface area contributed by atoms with Crippen molar-refractivity contribution in [1.29, 1.82) is 0 Å². The summed E-state index contributed by atoms with van der Waals surface area (Å²) < 4.78 is 1.76. The number of nitrogens with zero attached hydrogens (tertiary/aromatic N) is 6. The molecule has 3 heterocycles. The molecular formula is C16H13N7O3. The summed E-state index contributed by atoms with van der Waals surface area (Å²) in [7, 11) is 0. The Bertz CT molecular complexity index is 1010. The second kappa shape index (κ2) is 6.43. The first-order valence-corrected chi connectivity index (χ1v) is 7.69. The summed E-state index contributed by atoms with van der Waals surface area (Å²) in [5, 5.41) is 19.5. The van der Waals surface area contributed by atoms with E-state index in [2.05, 4.69) is 20.2 Å². The van der Waals surface area contributed by atoms with Crippen LogP contribution in [0.3, 0.4) is 0 Å². The molecule has 0 fully saturated rings. The molecule has 0 atom stereocenters. The van der Waals surface area contributed by atoms with Crippen molar-refractivity contribution in [3.63, 3.8) is 0 Å². The number of aromatic nitrogens is 4. The molecule has 2 aromatic heterocycles. The molecule has 4 rings (SSSR count). The summed E-state index contributed by atoms with van der Waals surface area (Å²) in [4.78, 5) is 24.4. The van der Waals surface area contributed by atoms with Gasteiger partial charge in [0.15, 0.2) is 11.6 Å². The predicted octanol–water partition coefficient (Wildman–Crippen LogP) is 1.31. The monoisotopic (exact) mass is 351 g/mol. The summed E-state index contributed by atoms with van der Waals surface area (Å²) in [6.45, 7) is 0.286. The molecular weight excluding hydrogens is 338 g/mol. The number of nitro benzene ring substituents is 1. The average molecular weight is 351 g/mol. The number of non-ortho nitro benzene ring substituents is 1. The van der Waals surface area contributed by atoms with E-state index in [4.69, 9.17) is 10.7 Å². The molecule has 1 aliphatic rings. The SMILES string of the molecule is NOCc1nnc2n1-c1ccc([N+](=O)[O-])cc1C(c1ccccn1)=NC2. The summed E-state index contributed by atoms with van der Waals surface area (Å²) in [5.74, 6) is 6.25. The standard InChI is InChI=1S/C16H13N7O3/c17-26-9-15-21-20-14-8-19-16(12-3-1-2-6-18-12)11-7-10(23(24)25)4-5-13(11)22(14)15/h1-7H,8-9,17H2. The van der Waals surface area contributed by atoms with Crippen LogP contribution in [-0.2, 0) is 18.0 Å². The second-order valence-corrected chi connectivity index (χ2v) is 5.52. The van der Waals surface area contributed by atoms with Crippen LogP contribution < -0.4 is 5.90 Å². The quantitative estimate of drug-likeness (QED) is 0.553. The molecule has 0 saturated heterocycles. The molecule has 10 nitrogen and oxygen atoms in total. The van der Waals surface area contributed by atoms with E-state index in [1.54, 1.807) is 29.0 Å². The van der Waals surface area contributed by atoms with E-state index in [-0.39, 0.29) is 18.8 Å². The molecule has 26 heavy (non-hydrogen) atoms. The molecule has 0 unspecified atom stereocenters. The first kappa shape index (κ1) is 16.0. The lowest BCUT2D eigenvalue weighted by molar-refractivity contribution is -0.384. The maximum atomic E-state index is 11.3. The first-order chi connectivity index (χ1) is 12.7. The number of aliphatic imine (C=N–C) groups is 1. The summed E-state index contributed by atoms with van der Waals surface area (Å²) in [5.41, 5.74) is 2.35. The smallest absolute Gasteiger partial charge is 0.270 e. The number of nitro groups is 1. The van der Waals surface area contributed by atoms with Crippen LogP contribution in [0, 0.1) is 10.1 Å². The second-order valence-electron chi connectivity index (χ2n) is 5.52. The molecule has 130 valence electrons. The third-order valence-electron chi connectivity index (χ3n) is 3.98. The third kappa shape index (κ3) is 2.62. The number of rotatable bonds is 4. The summed E-state index contributed by atoms with van der Waals surface area (Å²) >= 11 is 0. The minimum atomic E-state index is -0.446. The predicted molar refractivity (Wildman–Crippen MR) is 90.6 cm³/mol. The van der Waals surface area contributed by atoms with E-state index in [0.717, 1.165) is 0 Å². The van der Waals surface area contributed by atoms with E-state index >= 15 is 0 Å². The maximum Gasteiger partial charge on any atom is 0.270 e. The molecule has 10 heteroatoms. The van der Waals surface area contributed by atoms with Crippen molar-refractivity contribution in [2.45, 2.75) is 13.2 Å². The van der Waals surface area contributed by atoms with Gasteiger partial charge in [-0.3, -0.25) is 29.5 Å². The zero-order chi connectivity index (χ0) is 18.1. The van der Waals surface area contributed by atoms with Gasteiger partial charge in [-0.25, -0.2) is 5.90 Å². The van der Waals surface area contributed by atoms with Crippen molar-refractivity contribution >= 4 is 11.4 Å². The van der Waals surface area contributed by atoms with Crippen molar-refractivity contribution in [3.8, 4) is 5.69 Å². The van der Waals surface area contributed by atoms with Crippen LogP contribution in [0.5, 0.6) is 0 Å². The van der Waals surface area contributed by atoms with Crippen LogP contribution in [0.4, 0.5) is 5.69 Å². The van der Waals surface area contributed by atoms with Gasteiger partial charge in [0.1, 0.15) is 13.2 Å². The summed E-state index contributed by atoms with van der Waals surface area (Å²) in [6, 6.07) is 9.98. The normalized spacial score (nSPS) is 12.7.